The first-order valence-electron chi connectivity index (χ1n) is 9.10. The molecule has 0 bridgehead atoms. The van der Waals surface area contributed by atoms with Gasteiger partial charge in [0.25, 0.3) is 0 Å². The number of hydrogen-bond donors (Lipinski definition) is 1. The van der Waals surface area contributed by atoms with E-state index in [2.05, 4.69) is 20.8 Å². The van der Waals surface area contributed by atoms with Crippen LogP contribution in [0.3, 0.4) is 0 Å². The first kappa shape index (κ1) is 20.9. The molecule has 2 rings (SSSR count). The maximum absolute atomic E-state index is 12.9. The van der Waals surface area contributed by atoms with E-state index < -0.39 is 16.0 Å². The molecule has 26 heavy (non-hydrogen) atoms. The van der Waals surface area contributed by atoms with Crippen LogP contribution in [-0.4, -0.2) is 61.4 Å². The lowest BCUT2D eigenvalue weighted by Crippen LogP contribution is -2.46. The highest BCUT2D eigenvalue weighted by atomic mass is 32.2. The largest absolute Gasteiger partial charge is 0.480 e. The number of rotatable bonds is 7. The molecule has 0 amide bonds. The van der Waals surface area contributed by atoms with Crippen molar-refractivity contribution in [3.63, 3.8) is 0 Å². The zero-order valence-electron chi connectivity index (χ0n) is 16.1. The van der Waals surface area contributed by atoms with Crippen LogP contribution in [0.25, 0.3) is 0 Å². The molecule has 1 aliphatic rings. The minimum Gasteiger partial charge on any atom is -0.480 e. The predicted octanol–water partition coefficient (Wildman–Crippen LogP) is 2.54. The van der Waals surface area contributed by atoms with E-state index in [1.54, 1.807) is 24.1 Å². The third-order valence-electron chi connectivity index (χ3n) is 5.59. The molecule has 0 aromatic heterocycles. The van der Waals surface area contributed by atoms with E-state index in [4.69, 9.17) is 5.11 Å². The van der Waals surface area contributed by atoms with Crippen molar-refractivity contribution in [1.82, 2.24) is 9.21 Å². The lowest BCUT2D eigenvalue weighted by atomic mass is 9.82. The Morgan fingerprint density at radius 3 is 2.23 bits per heavy atom. The molecule has 146 valence electrons. The predicted molar refractivity (Wildman–Crippen MR) is 102 cm³/mol. The van der Waals surface area contributed by atoms with Gasteiger partial charge in [-0.1, -0.05) is 32.9 Å². The minimum atomic E-state index is -3.50. The molecule has 0 aliphatic carbocycles. The van der Waals surface area contributed by atoms with Crippen LogP contribution in [0.5, 0.6) is 0 Å². The van der Waals surface area contributed by atoms with Gasteiger partial charge in [0.15, 0.2) is 0 Å². The summed E-state index contributed by atoms with van der Waals surface area (Å²) in [5.41, 5.74) is 1.16. The molecule has 1 aromatic carbocycles. The maximum Gasteiger partial charge on any atom is 0.317 e. The van der Waals surface area contributed by atoms with E-state index in [0.29, 0.717) is 30.8 Å². The Morgan fingerprint density at radius 2 is 1.77 bits per heavy atom. The average Bonchev–Trinajstić information content (AvgIpc) is 2.61. The number of carboxylic acid groups (broad SMARTS) is 1. The van der Waals surface area contributed by atoms with Gasteiger partial charge < -0.3 is 5.11 Å². The van der Waals surface area contributed by atoms with Crippen molar-refractivity contribution in [3.05, 3.63) is 29.8 Å². The van der Waals surface area contributed by atoms with E-state index in [-0.39, 0.29) is 18.0 Å². The number of sulfonamides is 1. The second-order valence-electron chi connectivity index (χ2n) is 7.71. The lowest BCUT2D eigenvalue weighted by Gasteiger charge is -2.35. The van der Waals surface area contributed by atoms with Crippen molar-refractivity contribution in [1.29, 1.82) is 0 Å². The van der Waals surface area contributed by atoms with E-state index in [1.807, 2.05) is 12.1 Å². The Hall–Kier alpha value is -1.44. The summed E-state index contributed by atoms with van der Waals surface area (Å²) in [6.07, 6.45) is 2.27. The Balaban J connectivity index is 2.06. The molecule has 7 heteroatoms. The number of aliphatic carboxylic acids is 1. The van der Waals surface area contributed by atoms with E-state index in [1.165, 1.54) is 4.31 Å². The fourth-order valence-corrected chi connectivity index (χ4v) is 4.77. The molecule has 1 aromatic rings. The molecule has 1 saturated heterocycles. The van der Waals surface area contributed by atoms with Crippen molar-refractivity contribution in [3.8, 4) is 0 Å². The van der Waals surface area contributed by atoms with Gasteiger partial charge in [-0.25, -0.2) is 8.42 Å². The third kappa shape index (κ3) is 4.64. The summed E-state index contributed by atoms with van der Waals surface area (Å²) in [5, 5.41) is 8.89. The molecule has 1 N–H and O–H groups in total. The van der Waals surface area contributed by atoms with Crippen molar-refractivity contribution < 1.29 is 18.3 Å². The van der Waals surface area contributed by atoms with Crippen LogP contribution in [0.4, 0.5) is 0 Å². The van der Waals surface area contributed by atoms with Crippen LogP contribution < -0.4 is 0 Å². The summed E-state index contributed by atoms with van der Waals surface area (Å²) in [4.78, 5) is 12.9. The molecule has 0 atom stereocenters. The molecule has 0 spiro atoms. The summed E-state index contributed by atoms with van der Waals surface area (Å²) in [6.45, 7) is 7.23. The fourth-order valence-electron chi connectivity index (χ4n) is 3.30. The Bertz CT molecular complexity index is 720. The summed E-state index contributed by atoms with van der Waals surface area (Å²) < 4.78 is 27.3. The highest BCUT2D eigenvalue weighted by Crippen LogP contribution is 2.29. The van der Waals surface area contributed by atoms with Crippen LogP contribution in [0.1, 0.15) is 45.6 Å². The van der Waals surface area contributed by atoms with Gasteiger partial charge in [-0.15, -0.1) is 0 Å². The number of likely N-dealkylation sites (N-methyl/N-ethyl adjacent to an activating group) is 1. The normalized spacial score (nSPS) is 17.6. The van der Waals surface area contributed by atoms with Gasteiger partial charge >= 0.3 is 5.97 Å². The number of benzene rings is 1. The molecule has 0 saturated carbocycles. The number of carbonyl (C=O) groups is 1. The molecular weight excluding hydrogens is 352 g/mol. The molecule has 1 fully saturated rings. The fraction of sp³-hybridized carbons (Fsp3) is 0.632. The summed E-state index contributed by atoms with van der Waals surface area (Å²) in [6, 6.07) is 7.31. The minimum absolute atomic E-state index is 0.0217. The van der Waals surface area contributed by atoms with Crippen LogP contribution in [0.2, 0.25) is 0 Å². The van der Waals surface area contributed by atoms with E-state index in [9.17, 15) is 13.2 Å². The first-order valence-corrected chi connectivity index (χ1v) is 10.5. The SMILES string of the molecule is CCC(C)(C)c1ccc(S(=O)(=O)N2CCC(N(C)CC(=O)O)CC2)cc1. The summed E-state index contributed by atoms with van der Waals surface area (Å²) >= 11 is 0. The van der Waals surface area contributed by atoms with Crippen LogP contribution in [-0.2, 0) is 20.2 Å². The second kappa shape index (κ2) is 8.06. The number of piperidine rings is 1. The van der Waals surface area contributed by atoms with Gasteiger partial charge in [-0.2, -0.15) is 4.31 Å². The zero-order valence-corrected chi connectivity index (χ0v) is 16.9. The standard InChI is InChI=1S/C19H30N2O4S/c1-5-19(2,3)15-6-8-17(9-7-15)26(24,25)21-12-10-16(11-13-21)20(4)14-18(22)23/h6-9,16H,5,10-14H2,1-4H3,(H,22,23). The average molecular weight is 383 g/mol. The number of nitrogens with zero attached hydrogens (tertiary/aromatic N) is 2. The van der Waals surface area contributed by atoms with Crippen molar-refractivity contribution in [2.75, 3.05) is 26.7 Å². The number of hydrogen-bond acceptors (Lipinski definition) is 4. The zero-order chi connectivity index (χ0) is 19.5. The summed E-state index contributed by atoms with van der Waals surface area (Å²) in [5.74, 6) is -0.863. The monoisotopic (exact) mass is 382 g/mol. The first-order chi connectivity index (χ1) is 12.1. The maximum atomic E-state index is 12.9. The summed E-state index contributed by atoms with van der Waals surface area (Å²) in [7, 11) is -1.73. The molecule has 0 radical (unpaired) electrons. The van der Waals surface area contributed by atoms with E-state index in [0.717, 1.165) is 12.0 Å². The molecule has 1 aliphatic heterocycles. The molecule has 0 unspecified atom stereocenters. The van der Waals surface area contributed by atoms with Gasteiger partial charge in [0.1, 0.15) is 0 Å². The Labute approximate surface area is 156 Å². The van der Waals surface area contributed by atoms with Gasteiger partial charge in [-0.05, 0) is 49.4 Å². The molecular formula is C19H30N2O4S. The van der Waals surface area contributed by atoms with Crippen LogP contribution in [0, 0.1) is 0 Å². The third-order valence-corrected chi connectivity index (χ3v) is 7.50. The van der Waals surface area contributed by atoms with Crippen molar-refractivity contribution >= 4 is 16.0 Å². The molecule has 6 nitrogen and oxygen atoms in total. The van der Waals surface area contributed by atoms with Gasteiger partial charge in [0, 0.05) is 19.1 Å². The smallest absolute Gasteiger partial charge is 0.317 e. The van der Waals surface area contributed by atoms with Gasteiger partial charge in [0.2, 0.25) is 10.0 Å². The molecule has 1 heterocycles. The highest BCUT2D eigenvalue weighted by molar-refractivity contribution is 7.89. The van der Waals surface area contributed by atoms with Crippen LogP contribution >= 0.6 is 0 Å². The van der Waals surface area contributed by atoms with Crippen molar-refractivity contribution in [2.45, 2.75) is 56.4 Å². The van der Waals surface area contributed by atoms with Gasteiger partial charge in [0.05, 0.1) is 11.4 Å². The Morgan fingerprint density at radius 1 is 1.23 bits per heavy atom. The van der Waals surface area contributed by atoms with Crippen LogP contribution in [0.15, 0.2) is 29.2 Å². The van der Waals surface area contributed by atoms with E-state index >= 15 is 0 Å². The van der Waals surface area contributed by atoms with Crippen molar-refractivity contribution in [2.24, 2.45) is 0 Å². The number of carboxylic acids is 1. The quantitative estimate of drug-likeness (QED) is 0.784. The highest BCUT2D eigenvalue weighted by Gasteiger charge is 2.31. The topological polar surface area (TPSA) is 77.9 Å². The lowest BCUT2D eigenvalue weighted by molar-refractivity contribution is -0.138. The second-order valence-corrected chi connectivity index (χ2v) is 9.64. The Kier molecular flexibility index (Phi) is 6.47. The van der Waals surface area contributed by atoms with Gasteiger partial charge in [-0.3, -0.25) is 9.69 Å².